The summed E-state index contributed by atoms with van der Waals surface area (Å²) < 4.78 is 0. The van der Waals surface area contributed by atoms with E-state index in [1.165, 1.54) is 0 Å². The van der Waals surface area contributed by atoms with Crippen LogP contribution in [0.2, 0.25) is 0 Å². The maximum absolute atomic E-state index is 9.53. The fourth-order valence-corrected chi connectivity index (χ4v) is 1.58. The molecule has 3 heteroatoms. The average Bonchev–Trinajstić information content (AvgIpc) is 1.93. The van der Waals surface area contributed by atoms with Crippen LogP contribution in [0.5, 0.6) is 0 Å². The summed E-state index contributed by atoms with van der Waals surface area (Å²) in [6, 6.07) is 0. The standard InChI is InChI=1S/C8H18N2O/c1-10(2)6-7-3-4-9-5-8(7)11/h7-9,11H,3-6H2,1-2H3. The van der Waals surface area contributed by atoms with Crippen LogP contribution in [-0.4, -0.2) is 49.8 Å². The highest BCUT2D eigenvalue weighted by molar-refractivity contribution is 4.78. The van der Waals surface area contributed by atoms with Crippen molar-refractivity contribution in [1.82, 2.24) is 10.2 Å². The molecule has 11 heavy (non-hydrogen) atoms. The van der Waals surface area contributed by atoms with Gasteiger partial charge >= 0.3 is 0 Å². The zero-order valence-electron chi connectivity index (χ0n) is 7.38. The number of rotatable bonds is 2. The quantitative estimate of drug-likeness (QED) is 0.570. The van der Waals surface area contributed by atoms with Crippen LogP contribution in [0.25, 0.3) is 0 Å². The van der Waals surface area contributed by atoms with E-state index < -0.39 is 0 Å². The van der Waals surface area contributed by atoms with Gasteiger partial charge in [0.1, 0.15) is 0 Å². The zero-order chi connectivity index (χ0) is 8.27. The van der Waals surface area contributed by atoms with Crippen molar-refractivity contribution in [2.75, 3.05) is 33.7 Å². The Bertz CT molecular complexity index is 117. The van der Waals surface area contributed by atoms with Crippen LogP contribution in [0.1, 0.15) is 6.42 Å². The molecule has 0 aromatic rings. The first-order chi connectivity index (χ1) is 5.20. The number of β-amino-alcohol motifs (C(OH)–C–C–N with tert-alkyl or cyclic N) is 1. The van der Waals surface area contributed by atoms with Crippen molar-refractivity contribution in [1.29, 1.82) is 0 Å². The number of hydrogen-bond donors (Lipinski definition) is 2. The molecular formula is C8H18N2O. The number of hydrogen-bond acceptors (Lipinski definition) is 3. The highest BCUT2D eigenvalue weighted by Crippen LogP contribution is 2.12. The lowest BCUT2D eigenvalue weighted by molar-refractivity contribution is 0.0666. The van der Waals surface area contributed by atoms with Gasteiger partial charge in [-0.2, -0.15) is 0 Å². The Morgan fingerprint density at radius 1 is 1.55 bits per heavy atom. The van der Waals surface area contributed by atoms with Gasteiger partial charge in [0.15, 0.2) is 0 Å². The highest BCUT2D eigenvalue weighted by Gasteiger charge is 2.22. The molecule has 2 N–H and O–H groups in total. The predicted molar refractivity (Wildman–Crippen MR) is 45.5 cm³/mol. The van der Waals surface area contributed by atoms with E-state index in [0.29, 0.717) is 5.92 Å². The van der Waals surface area contributed by atoms with Crippen molar-refractivity contribution in [3.63, 3.8) is 0 Å². The molecule has 0 bridgehead atoms. The van der Waals surface area contributed by atoms with Crippen LogP contribution in [-0.2, 0) is 0 Å². The van der Waals surface area contributed by atoms with Crippen LogP contribution < -0.4 is 5.32 Å². The van der Waals surface area contributed by atoms with Crippen LogP contribution in [0.3, 0.4) is 0 Å². The summed E-state index contributed by atoms with van der Waals surface area (Å²) in [6.45, 7) is 2.82. The smallest absolute Gasteiger partial charge is 0.0705 e. The molecule has 66 valence electrons. The number of nitrogens with zero attached hydrogens (tertiary/aromatic N) is 1. The Balaban J connectivity index is 2.29. The zero-order valence-corrected chi connectivity index (χ0v) is 7.38. The lowest BCUT2D eigenvalue weighted by Gasteiger charge is -2.30. The molecule has 0 saturated carbocycles. The van der Waals surface area contributed by atoms with E-state index in [9.17, 15) is 5.11 Å². The Hall–Kier alpha value is -0.120. The number of aliphatic hydroxyl groups excluding tert-OH is 1. The van der Waals surface area contributed by atoms with Gasteiger partial charge in [-0.25, -0.2) is 0 Å². The lowest BCUT2D eigenvalue weighted by atomic mass is 9.95. The molecule has 0 spiro atoms. The molecule has 2 unspecified atom stereocenters. The maximum atomic E-state index is 9.53. The maximum Gasteiger partial charge on any atom is 0.0705 e. The summed E-state index contributed by atoms with van der Waals surface area (Å²) in [5.41, 5.74) is 0. The molecule has 0 aliphatic carbocycles. The molecule has 1 heterocycles. The molecule has 0 amide bonds. The number of nitrogens with one attached hydrogen (secondary N) is 1. The third-order valence-corrected chi connectivity index (χ3v) is 2.19. The number of piperidine rings is 1. The molecule has 1 aliphatic heterocycles. The first-order valence-corrected chi connectivity index (χ1v) is 4.23. The van der Waals surface area contributed by atoms with Gasteiger partial charge in [-0.05, 0) is 33.0 Å². The third kappa shape index (κ3) is 2.77. The molecule has 1 rings (SSSR count). The lowest BCUT2D eigenvalue weighted by Crippen LogP contribution is -2.44. The second-order valence-electron chi connectivity index (χ2n) is 3.58. The van der Waals surface area contributed by atoms with Crippen molar-refractivity contribution < 1.29 is 5.11 Å². The minimum atomic E-state index is -0.147. The molecule has 1 saturated heterocycles. The Labute approximate surface area is 68.4 Å². The minimum Gasteiger partial charge on any atom is -0.391 e. The minimum absolute atomic E-state index is 0.147. The van der Waals surface area contributed by atoms with Gasteiger partial charge in [0.05, 0.1) is 6.10 Å². The van der Waals surface area contributed by atoms with E-state index >= 15 is 0 Å². The van der Waals surface area contributed by atoms with Crippen molar-refractivity contribution in [3.8, 4) is 0 Å². The Kier molecular flexibility index (Phi) is 3.30. The van der Waals surface area contributed by atoms with Gasteiger partial charge in [0.25, 0.3) is 0 Å². The van der Waals surface area contributed by atoms with E-state index in [2.05, 4.69) is 24.3 Å². The van der Waals surface area contributed by atoms with Crippen LogP contribution in [0.4, 0.5) is 0 Å². The van der Waals surface area contributed by atoms with Gasteiger partial charge in [0.2, 0.25) is 0 Å². The fraction of sp³-hybridized carbons (Fsp3) is 1.00. The third-order valence-electron chi connectivity index (χ3n) is 2.19. The molecular weight excluding hydrogens is 140 g/mol. The monoisotopic (exact) mass is 158 g/mol. The molecule has 0 aromatic carbocycles. The van der Waals surface area contributed by atoms with Crippen LogP contribution in [0.15, 0.2) is 0 Å². The van der Waals surface area contributed by atoms with E-state index in [0.717, 1.165) is 26.1 Å². The SMILES string of the molecule is CN(C)CC1CCNCC1O. The molecule has 0 aromatic heterocycles. The normalized spacial score (nSPS) is 32.7. The second kappa shape index (κ2) is 4.04. The largest absolute Gasteiger partial charge is 0.391 e. The number of aliphatic hydroxyl groups is 1. The van der Waals surface area contributed by atoms with Gasteiger partial charge in [0, 0.05) is 13.1 Å². The van der Waals surface area contributed by atoms with E-state index in [-0.39, 0.29) is 6.10 Å². The van der Waals surface area contributed by atoms with E-state index in [1.54, 1.807) is 0 Å². The second-order valence-corrected chi connectivity index (χ2v) is 3.58. The van der Waals surface area contributed by atoms with Crippen molar-refractivity contribution in [2.24, 2.45) is 5.92 Å². The predicted octanol–water partition coefficient (Wildman–Crippen LogP) is -0.482. The summed E-state index contributed by atoms with van der Waals surface area (Å²) in [5.74, 6) is 0.464. The van der Waals surface area contributed by atoms with Crippen LogP contribution >= 0.6 is 0 Å². The van der Waals surface area contributed by atoms with Gasteiger partial charge in [-0.3, -0.25) is 0 Å². The Morgan fingerprint density at radius 2 is 2.27 bits per heavy atom. The van der Waals surface area contributed by atoms with Crippen LogP contribution in [0, 0.1) is 5.92 Å². The molecule has 0 radical (unpaired) electrons. The van der Waals surface area contributed by atoms with Gasteiger partial charge in [-0.15, -0.1) is 0 Å². The van der Waals surface area contributed by atoms with E-state index in [4.69, 9.17) is 0 Å². The molecule has 2 atom stereocenters. The summed E-state index contributed by atoms with van der Waals surface area (Å²) in [6.07, 6.45) is 0.949. The van der Waals surface area contributed by atoms with E-state index in [1.807, 2.05) is 0 Å². The Morgan fingerprint density at radius 3 is 2.82 bits per heavy atom. The summed E-state index contributed by atoms with van der Waals surface area (Å²) in [5, 5.41) is 12.7. The highest BCUT2D eigenvalue weighted by atomic mass is 16.3. The first kappa shape index (κ1) is 8.97. The van der Waals surface area contributed by atoms with Crippen molar-refractivity contribution >= 4 is 0 Å². The topological polar surface area (TPSA) is 35.5 Å². The van der Waals surface area contributed by atoms with Gasteiger partial charge < -0.3 is 15.3 Å². The summed E-state index contributed by atoms with van der Waals surface area (Å²) in [4.78, 5) is 2.14. The fourth-order valence-electron chi connectivity index (χ4n) is 1.58. The molecule has 1 aliphatic rings. The summed E-state index contributed by atoms with van der Waals surface area (Å²) in [7, 11) is 4.10. The summed E-state index contributed by atoms with van der Waals surface area (Å²) >= 11 is 0. The van der Waals surface area contributed by atoms with Gasteiger partial charge in [-0.1, -0.05) is 0 Å². The van der Waals surface area contributed by atoms with Crippen molar-refractivity contribution in [3.05, 3.63) is 0 Å². The van der Waals surface area contributed by atoms with Crippen molar-refractivity contribution in [2.45, 2.75) is 12.5 Å². The molecule has 1 fully saturated rings. The molecule has 3 nitrogen and oxygen atoms in total. The average molecular weight is 158 g/mol. The first-order valence-electron chi connectivity index (χ1n) is 4.23.